The van der Waals surface area contributed by atoms with Gasteiger partial charge in [-0.1, -0.05) is 6.07 Å². The van der Waals surface area contributed by atoms with Crippen LogP contribution in [-0.2, 0) is 11.0 Å². The number of carbonyl (C=O) groups is 1. The van der Waals surface area contributed by atoms with Crippen molar-refractivity contribution >= 4 is 23.4 Å². The third-order valence-electron chi connectivity index (χ3n) is 3.26. The lowest BCUT2D eigenvalue weighted by atomic mass is 10.1. The molecule has 116 valence electrons. The summed E-state index contributed by atoms with van der Waals surface area (Å²) in [4.78, 5) is 11.9. The van der Waals surface area contributed by atoms with E-state index in [9.17, 15) is 18.0 Å². The highest BCUT2D eigenvalue weighted by atomic mass is 32.2. The van der Waals surface area contributed by atoms with Crippen LogP contribution in [0.15, 0.2) is 18.2 Å². The van der Waals surface area contributed by atoms with Crippen molar-refractivity contribution < 1.29 is 18.0 Å². The van der Waals surface area contributed by atoms with Crippen LogP contribution in [-0.4, -0.2) is 30.0 Å². The van der Waals surface area contributed by atoms with Gasteiger partial charge in [-0.15, -0.1) is 0 Å². The second-order valence-corrected chi connectivity index (χ2v) is 6.16. The summed E-state index contributed by atoms with van der Waals surface area (Å²) >= 11 is 1.77. The standard InChI is InChI=1S/C14H17F3N2OS/c1-9-2-3-10(6-12(9)14(15,16)17)19-13(20)7-11-8-21-5-4-18-11/h2-3,6,11,18H,4-5,7-8H2,1H3,(H,19,20). The van der Waals surface area contributed by atoms with Crippen molar-refractivity contribution in [3.05, 3.63) is 29.3 Å². The second kappa shape index (κ2) is 6.70. The number of aryl methyl sites for hydroxylation is 1. The van der Waals surface area contributed by atoms with E-state index in [1.165, 1.54) is 19.1 Å². The van der Waals surface area contributed by atoms with E-state index in [2.05, 4.69) is 10.6 Å². The maximum absolute atomic E-state index is 12.8. The minimum absolute atomic E-state index is 0.0799. The first kappa shape index (κ1) is 16.2. The third-order valence-corrected chi connectivity index (χ3v) is 4.39. The monoisotopic (exact) mass is 318 g/mol. The highest BCUT2D eigenvalue weighted by molar-refractivity contribution is 7.99. The van der Waals surface area contributed by atoms with Gasteiger partial charge in [0.15, 0.2) is 0 Å². The zero-order valence-corrected chi connectivity index (χ0v) is 12.4. The van der Waals surface area contributed by atoms with E-state index < -0.39 is 11.7 Å². The lowest BCUT2D eigenvalue weighted by Gasteiger charge is -2.22. The van der Waals surface area contributed by atoms with Crippen molar-refractivity contribution in [2.45, 2.75) is 25.6 Å². The zero-order chi connectivity index (χ0) is 15.5. The first-order chi connectivity index (χ1) is 9.86. The molecular formula is C14H17F3N2OS. The molecule has 1 atom stereocenters. The first-order valence-corrected chi connectivity index (χ1v) is 7.80. The number of hydrogen-bond donors (Lipinski definition) is 2. The average Bonchev–Trinajstić information content (AvgIpc) is 2.41. The summed E-state index contributed by atoms with van der Waals surface area (Å²) in [7, 11) is 0. The number of thioether (sulfide) groups is 1. The molecule has 1 aliphatic heterocycles. The van der Waals surface area contributed by atoms with Crippen LogP contribution >= 0.6 is 11.8 Å². The Bertz CT molecular complexity index is 513. The van der Waals surface area contributed by atoms with Crippen LogP contribution in [0.4, 0.5) is 18.9 Å². The normalized spacial score (nSPS) is 19.3. The number of halogens is 3. The molecule has 0 aliphatic carbocycles. The minimum Gasteiger partial charge on any atom is -0.326 e. The predicted molar refractivity (Wildman–Crippen MR) is 78.5 cm³/mol. The van der Waals surface area contributed by atoms with E-state index in [1.54, 1.807) is 11.8 Å². The molecule has 1 unspecified atom stereocenters. The van der Waals surface area contributed by atoms with Gasteiger partial charge in [0.1, 0.15) is 0 Å². The van der Waals surface area contributed by atoms with E-state index >= 15 is 0 Å². The molecule has 0 spiro atoms. The Morgan fingerprint density at radius 3 is 2.86 bits per heavy atom. The molecule has 1 aromatic carbocycles. The molecule has 1 saturated heterocycles. The molecule has 21 heavy (non-hydrogen) atoms. The van der Waals surface area contributed by atoms with Crippen LogP contribution in [0.3, 0.4) is 0 Å². The molecule has 1 heterocycles. The molecule has 0 aromatic heterocycles. The number of nitrogens with one attached hydrogen (secondary N) is 2. The number of benzene rings is 1. The molecule has 1 aliphatic rings. The van der Waals surface area contributed by atoms with Crippen molar-refractivity contribution in [3.8, 4) is 0 Å². The Labute approximate surface area is 125 Å². The molecule has 1 fully saturated rings. The van der Waals surface area contributed by atoms with Gasteiger partial charge in [-0.05, 0) is 24.6 Å². The summed E-state index contributed by atoms with van der Waals surface area (Å²) in [6.07, 6.45) is -4.14. The summed E-state index contributed by atoms with van der Waals surface area (Å²) < 4.78 is 38.4. The van der Waals surface area contributed by atoms with Crippen LogP contribution in [0.5, 0.6) is 0 Å². The fourth-order valence-corrected chi connectivity index (χ4v) is 3.14. The lowest BCUT2D eigenvalue weighted by molar-refractivity contribution is -0.138. The third kappa shape index (κ3) is 4.64. The van der Waals surface area contributed by atoms with Crippen molar-refractivity contribution in [2.75, 3.05) is 23.4 Å². The summed E-state index contributed by atoms with van der Waals surface area (Å²) in [6.45, 7) is 2.25. The van der Waals surface area contributed by atoms with Crippen LogP contribution in [0.25, 0.3) is 0 Å². The molecule has 3 nitrogen and oxygen atoms in total. The summed E-state index contributed by atoms with van der Waals surface area (Å²) in [5.74, 6) is 1.59. The topological polar surface area (TPSA) is 41.1 Å². The quantitative estimate of drug-likeness (QED) is 0.900. The fourth-order valence-electron chi connectivity index (χ4n) is 2.19. The molecule has 0 saturated carbocycles. The average molecular weight is 318 g/mol. The molecule has 2 N–H and O–H groups in total. The number of rotatable bonds is 3. The number of alkyl halides is 3. The van der Waals surface area contributed by atoms with Gasteiger partial charge in [0.05, 0.1) is 5.56 Å². The number of anilines is 1. The predicted octanol–water partition coefficient (Wildman–Crippen LogP) is 3.05. The van der Waals surface area contributed by atoms with Crippen LogP contribution in [0.2, 0.25) is 0 Å². The smallest absolute Gasteiger partial charge is 0.326 e. The van der Waals surface area contributed by atoms with Gasteiger partial charge in [0.25, 0.3) is 0 Å². The van der Waals surface area contributed by atoms with Gasteiger partial charge in [0, 0.05) is 36.2 Å². The number of carbonyl (C=O) groups excluding carboxylic acids is 1. The Morgan fingerprint density at radius 2 is 2.24 bits per heavy atom. The fraction of sp³-hybridized carbons (Fsp3) is 0.500. The number of amides is 1. The molecule has 1 aromatic rings. The van der Waals surface area contributed by atoms with E-state index in [1.807, 2.05) is 0 Å². The minimum atomic E-state index is -4.41. The van der Waals surface area contributed by atoms with Crippen molar-refractivity contribution in [1.82, 2.24) is 5.32 Å². The van der Waals surface area contributed by atoms with Gasteiger partial charge in [-0.2, -0.15) is 24.9 Å². The maximum Gasteiger partial charge on any atom is 0.416 e. The molecule has 2 rings (SSSR count). The van der Waals surface area contributed by atoms with E-state index in [0.29, 0.717) is 0 Å². The largest absolute Gasteiger partial charge is 0.416 e. The van der Waals surface area contributed by atoms with Gasteiger partial charge in [-0.3, -0.25) is 4.79 Å². The Morgan fingerprint density at radius 1 is 1.48 bits per heavy atom. The Hall–Kier alpha value is -1.21. The van der Waals surface area contributed by atoms with Crippen molar-refractivity contribution in [2.24, 2.45) is 0 Å². The lowest BCUT2D eigenvalue weighted by Crippen LogP contribution is -2.39. The molecule has 0 bridgehead atoms. The van der Waals surface area contributed by atoms with Gasteiger partial charge < -0.3 is 10.6 Å². The Kier molecular flexibility index (Phi) is 5.16. The van der Waals surface area contributed by atoms with Gasteiger partial charge in [-0.25, -0.2) is 0 Å². The van der Waals surface area contributed by atoms with Crippen molar-refractivity contribution in [1.29, 1.82) is 0 Å². The van der Waals surface area contributed by atoms with Crippen LogP contribution < -0.4 is 10.6 Å². The summed E-state index contributed by atoms with van der Waals surface area (Å²) in [5.41, 5.74) is -0.390. The molecule has 1 amide bonds. The van der Waals surface area contributed by atoms with Gasteiger partial charge >= 0.3 is 6.18 Å². The summed E-state index contributed by atoms with van der Waals surface area (Å²) in [5, 5.41) is 5.76. The highest BCUT2D eigenvalue weighted by Crippen LogP contribution is 2.33. The van der Waals surface area contributed by atoms with E-state index in [-0.39, 0.29) is 29.6 Å². The number of hydrogen-bond acceptors (Lipinski definition) is 3. The second-order valence-electron chi connectivity index (χ2n) is 5.01. The SMILES string of the molecule is Cc1ccc(NC(=O)CC2CSCCN2)cc1C(F)(F)F. The highest BCUT2D eigenvalue weighted by Gasteiger charge is 2.32. The molecular weight excluding hydrogens is 301 g/mol. The molecule has 7 heteroatoms. The Balaban J connectivity index is 2.00. The van der Waals surface area contributed by atoms with Gasteiger partial charge in [0.2, 0.25) is 5.91 Å². The summed E-state index contributed by atoms with van der Waals surface area (Å²) in [6, 6.07) is 3.92. The van der Waals surface area contributed by atoms with Crippen LogP contribution in [0, 0.1) is 6.92 Å². The first-order valence-electron chi connectivity index (χ1n) is 6.65. The van der Waals surface area contributed by atoms with E-state index in [0.717, 1.165) is 24.1 Å². The van der Waals surface area contributed by atoms with E-state index in [4.69, 9.17) is 0 Å². The van der Waals surface area contributed by atoms with Crippen molar-refractivity contribution in [3.63, 3.8) is 0 Å². The molecule has 0 radical (unpaired) electrons. The zero-order valence-electron chi connectivity index (χ0n) is 11.6. The van der Waals surface area contributed by atoms with Crippen LogP contribution in [0.1, 0.15) is 17.5 Å². The maximum atomic E-state index is 12.8.